The Hall–Kier alpha value is -2.82. The Morgan fingerprint density at radius 3 is 2.14 bits per heavy atom. The summed E-state index contributed by atoms with van der Waals surface area (Å²) in [5.74, 6) is 0.340. The van der Waals surface area contributed by atoms with Gasteiger partial charge in [0, 0.05) is 0 Å². The van der Waals surface area contributed by atoms with E-state index < -0.39 is 11.6 Å². The van der Waals surface area contributed by atoms with Crippen LogP contribution >= 0.6 is 0 Å². The number of hydrogen-bond acceptors (Lipinski definition) is 3. The quantitative estimate of drug-likeness (QED) is 0.850. The molecule has 1 aliphatic rings. The highest BCUT2D eigenvalue weighted by Gasteiger charge is 2.49. The Morgan fingerprint density at radius 1 is 0.955 bits per heavy atom. The van der Waals surface area contributed by atoms with Crippen LogP contribution < -0.4 is 15.4 Å². The van der Waals surface area contributed by atoms with Gasteiger partial charge in [-0.25, -0.2) is 4.79 Å². The Balaban J connectivity index is 2.10. The molecule has 1 atom stereocenters. The Kier molecular flexibility index (Phi) is 3.55. The number of rotatable bonds is 4. The lowest BCUT2D eigenvalue weighted by Gasteiger charge is -2.27. The van der Waals surface area contributed by atoms with Crippen molar-refractivity contribution in [2.45, 2.75) is 12.5 Å². The lowest BCUT2D eigenvalue weighted by Crippen LogP contribution is -2.44. The molecular formula is C17H16N2O3. The first-order valence-corrected chi connectivity index (χ1v) is 7.09. The second kappa shape index (κ2) is 5.52. The molecule has 2 aromatic rings. The number of ether oxygens (including phenoxy) is 1. The van der Waals surface area contributed by atoms with Crippen LogP contribution in [0, 0.1) is 0 Å². The summed E-state index contributed by atoms with van der Waals surface area (Å²) in [7, 11) is 0. The molecule has 0 spiro atoms. The van der Waals surface area contributed by atoms with E-state index in [9.17, 15) is 9.59 Å². The summed E-state index contributed by atoms with van der Waals surface area (Å²) in [6.45, 7) is 2.48. The normalized spacial score (nSPS) is 20.4. The minimum atomic E-state index is -1.21. The van der Waals surface area contributed by atoms with Crippen molar-refractivity contribution in [3.8, 4) is 5.75 Å². The zero-order chi connectivity index (χ0) is 15.6. The van der Waals surface area contributed by atoms with E-state index in [0.29, 0.717) is 17.7 Å². The summed E-state index contributed by atoms with van der Waals surface area (Å²) < 4.78 is 5.42. The predicted octanol–water partition coefficient (Wildman–Crippen LogP) is 2.17. The molecule has 1 heterocycles. The number of nitrogens with one attached hydrogen (secondary N) is 2. The third-order valence-corrected chi connectivity index (χ3v) is 3.67. The van der Waals surface area contributed by atoms with Crippen molar-refractivity contribution in [2.75, 3.05) is 6.61 Å². The zero-order valence-corrected chi connectivity index (χ0v) is 12.1. The largest absolute Gasteiger partial charge is 0.494 e. The van der Waals surface area contributed by atoms with Gasteiger partial charge < -0.3 is 10.1 Å². The van der Waals surface area contributed by atoms with Gasteiger partial charge in [0.15, 0.2) is 5.54 Å². The molecule has 1 fully saturated rings. The fourth-order valence-electron chi connectivity index (χ4n) is 2.68. The van der Waals surface area contributed by atoms with Crippen LogP contribution in [0.25, 0.3) is 0 Å². The van der Waals surface area contributed by atoms with E-state index in [2.05, 4.69) is 10.6 Å². The van der Waals surface area contributed by atoms with Crippen LogP contribution in [-0.2, 0) is 10.3 Å². The average Bonchev–Trinajstić information content (AvgIpc) is 2.85. The first kappa shape index (κ1) is 14.1. The second-order valence-electron chi connectivity index (χ2n) is 4.98. The fourth-order valence-corrected chi connectivity index (χ4v) is 2.68. The van der Waals surface area contributed by atoms with Gasteiger partial charge in [-0.3, -0.25) is 10.1 Å². The molecule has 112 valence electrons. The summed E-state index contributed by atoms with van der Waals surface area (Å²) in [6, 6.07) is 15.9. The summed E-state index contributed by atoms with van der Waals surface area (Å²) in [4.78, 5) is 24.2. The van der Waals surface area contributed by atoms with Gasteiger partial charge in [0.1, 0.15) is 5.75 Å². The van der Waals surface area contributed by atoms with Crippen molar-refractivity contribution in [3.63, 3.8) is 0 Å². The smallest absolute Gasteiger partial charge is 0.322 e. The van der Waals surface area contributed by atoms with Crippen LogP contribution in [0.3, 0.4) is 0 Å². The highest BCUT2D eigenvalue weighted by molar-refractivity contribution is 6.09. The van der Waals surface area contributed by atoms with Crippen molar-refractivity contribution >= 4 is 11.9 Å². The first-order chi connectivity index (χ1) is 10.7. The molecular weight excluding hydrogens is 280 g/mol. The van der Waals surface area contributed by atoms with Gasteiger partial charge in [-0.1, -0.05) is 42.5 Å². The Morgan fingerprint density at radius 2 is 1.59 bits per heavy atom. The van der Waals surface area contributed by atoms with Crippen LogP contribution in [0.1, 0.15) is 18.1 Å². The second-order valence-corrected chi connectivity index (χ2v) is 4.98. The van der Waals surface area contributed by atoms with Gasteiger partial charge in [0.05, 0.1) is 6.61 Å². The summed E-state index contributed by atoms with van der Waals surface area (Å²) in [5.41, 5.74) is 0.191. The molecule has 2 N–H and O–H groups in total. The van der Waals surface area contributed by atoms with E-state index in [-0.39, 0.29) is 5.91 Å². The summed E-state index contributed by atoms with van der Waals surface area (Å²) in [5, 5.41) is 5.08. The number of imide groups is 1. The van der Waals surface area contributed by atoms with Crippen molar-refractivity contribution in [2.24, 2.45) is 0 Å². The third-order valence-electron chi connectivity index (χ3n) is 3.67. The summed E-state index contributed by atoms with van der Waals surface area (Å²) in [6.07, 6.45) is 0. The minimum absolute atomic E-state index is 0.382. The van der Waals surface area contributed by atoms with Crippen LogP contribution in [0.4, 0.5) is 4.79 Å². The lowest BCUT2D eigenvalue weighted by molar-refractivity contribution is -0.122. The van der Waals surface area contributed by atoms with E-state index in [0.717, 1.165) is 5.75 Å². The standard InChI is InChI=1S/C17H16N2O3/c1-2-22-14-10-8-13(9-11-14)17(12-6-4-3-5-7-12)15(20)18-16(21)19-17/h3-11H,2H2,1H3,(H2,18,19,20,21)/t17-/m0/s1. The topological polar surface area (TPSA) is 67.4 Å². The third kappa shape index (κ3) is 2.20. The zero-order valence-electron chi connectivity index (χ0n) is 12.1. The van der Waals surface area contributed by atoms with Crippen molar-refractivity contribution in [1.82, 2.24) is 10.6 Å². The van der Waals surface area contributed by atoms with Gasteiger partial charge in [0.25, 0.3) is 5.91 Å². The van der Waals surface area contributed by atoms with Crippen LogP contribution in [-0.4, -0.2) is 18.5 Å². The molecule has 0 unspecified atom stereocenters. The fraction of sp³-hybridized carbons (Fsp3) is 0.176. The molecule has 22 heavy (non-hydrogen) atoms. The molecule has 3 rings (SSSR count). The number of amides is 3. The number of carbonyl (C=O) groups excluding carboxylic acids is 2. The molecule has 0 radical (unpaired) electrons. The highest BCUT2D eigenvalue weighted by Crippen LogP contribution is 2.33. The first-order valence-electron chi connectivity index (χ1n) is 7.09. The summed E-state index contributed by atoms with van der Waals surface area (Å²) >= 11 is 0. The average molecular weight is 296 g/mol. The number of urea groups is 1. The lowest BCUT2D eigenvalue weighted by atomic mass is 9.83. The molecule has 0 aromatic heterocycles. The number of carbonyl (C=O) groups is 2. The van der Waals surface area contributed by atoms with Crippen LogP contribution in [0.5, 0.6) is 5.75 Å². The Bertz CT molecular complexity index is 698. The number of benzene rings is 2. The van der Waals surface area contributed by atoms with Crippen molar-refractivity contribution < 1.29 is 14.3 Å². The van der Waals surface area contributed by atoms with Crippen molar-refractivity contribution in [1.29, 1.82) is 0 Å². The van der Waals surface area contributed by atoms with Gasteiger partial charge in [-0.05, 0) is 30.2 Å². The highest BCUT2D eigenvalue weighted by atomic mass is 16.5. The van der Waals surface area contributed by atoms with E-state index in [1.54, 1.807) is 24.3 Å². The van der Waals surface area contributed by atoms with E-state index in [4.69, 9.17) is 4.74 Å². The Labute approximate surface area is 128 Å². The molecule has 0 aliphatic carbocycles. The van der Waals surface area contributed by atoms with E-state index in [1.807, 2.05) is 37.3 Å². The van der Waals surface area contributed by atoms with Crippen LogP contribution in [0.15, 0.2) is 54.6 Å². The van der Waals surface area contributed by atoms with E-state index in [1.165, 1.54) is 0 Å². The maximum atomic E-state index is 12.5. The number of hydrogen-bond donors (Lipinski definition) is 2. The molecule has 1 aliphatic heterocycles. The minimum Gasteiger partial charge on any atom is -0.494 e. The molecule has 5 nitrogen and oxygen atoms in total. The molecule has 0 bridgehead atoms. The monoisotopic (exact) mass is 296 g/mol. The molecule has 0 saturated carbocycles. The predicted molar refractivity (Wildman–Crippen MR) is 81.5 cm³/mol. The van der Waals surface area contributed by atoms with Gasteiger partial charge in [-0.15, -0.1) is 0 Å². The van der Waals surface area contributed by atoms with Crippen molar-refractivity contribution in [3.05, 3.63) is 65.7 Å². The molecule has 3 amide bonds. The molecule has 1 saturated heterocycles. The van der Waals surface area contributed by atoms with E-state index >= 15 is 0 Å². The molecule has 5 heteroatoms. The molecule has 2 aromatic carbocycles. The maximum Gasteiger partial charge on any atom is 0.322 e. The maximum absolute atomic E-state index is 12.5. The van der Waals surface area contributed by atoms with Gasteiger partial charge in [-0.2, -0.15) is 0 Å². The van der Waals surface area contributed by atoms with Gasteiger partial charge >= 0.3 is 6.03 Å². The van der Waals surface area contributed by atoms with Gasteiger partial charge in [0.2, 0.25) is 0 Å². The SMILES string of the molecule is CCOc1ccc([C@]2(c3ccccc3)NC(=O)NC2=O)cc1. The van der Waals surface area contributed by atoms with Crippen LogP contribution in [0.2, 0.25) is 0 Å².